The summed E-state index contributed by atoms with van der Waals surface area (Å²) < 4.78 is 16.9. The van der Waals surface area contributed by atoms with Gasteiger partial charge in [0, 0.05) is 19.3 Å². The van der Waals surface area contributed by atoms with Gasteiger partial charge in [-0.15, -0.1) is 0 Å². The highest BCUT2D eigenvalue weighted by Crippen LogP contribution is 2.17. The third-order valence-electron chi connectivity index (χ3n) is 14.2. The van der Waals surface area contributed by atoms with Crippen molar-refractivity contribution in [2.45, 2.75) is 354 Å². The van der Waals surface area contributed by atoms with Gasteiger partial charge in [0.25, 0.3) is 0 Å². The molecule has 70 heavy (non-hydrogen) atoms. The maximum atomic E-state index is 12.9. The molecule has 412 valence electrons. The Morgan fingerprint density at radius 3 is 0.714 bits per heavy atom. The van der Waals surface area contributed by atoms with Gasteiger partial charge in [0.05, 0.1) is 0 Å². The van der Waals surface area contributed by atoms with Gasteiger partial charge in [0.15, 0.2) is 6.10 Å². The first-order chi connectivity index (χ1) is 34.5. The molecule has 6 nitrogen and oxygen atoms in total. The first-order valence-corrected chi connectivity index (χ1v) is 31.3. The zero-order valence-corrected chi connectivity index (χ0v) is 47.3. The molecule has 0 heterocycles. The van der Waals surface area contributed by atoms with Crippen molar-refractivity contribution >= 4 is 17.9 Å². The summed E-state index contributed by atoms with van der Waals surface area (Å²) in [4.78, 5) is 38.3. The van der Waals surface area contributed by atoms with Crippen molar-refractivity contribution in [1.82, 2.24) is 0 Å². The summed E-state index contributed by atoms with van der Waals surface area (Å²) in [7, 11) is 0. The molecule has 0 amide bonds. The fraction of sp³-hybridized carbons (Fsp3) is 0.891. The molecule has 0 aliphatic carbocycles. The predicted molar refractivity (Wildman–Crippen MR) is 303 cm³/mol. The molecule has 0 aliphatic heterocycles. The van der Waals surface area contributed by atoms with Crippen molar-refractivity contribution < 1.29 is 28.6 Å². The van der Waals surface area contributed by atoms with E-state index in [1.807, 2.05) is 0 Å². The van der Waals surface area contributed by atoms with Gasteiger partial charge in [0.2, 0.25) is 0 Å². The zero-order valence-electron chi connectivity index (χ0n) is 47.3. The highest BCUT2D eigenvalue weighted by atomic mass is 16.6. The van der Waals surface area contributed by atoms with Gasteiger partial charge in [-0.05, 0) is 70.6 Å². The zero-order chi connectivity index (χ0) is 50.7. The first-order valence-electron chi connectivity index (χ1n) is 31.3. The van der Waals surface area contributed by atoms with Crippen LogP contribution in [0.5, 0.6) is 0 Å². The number of carbonyl (C=O) groups is 3. The number of unbranched alkanes of at least 4 members (excludes halogenated alkanes) is 43. The molecule has 0 rings (SSSR count). The van der Waals surface area contributed by atoms with E-state index in [0.29, 0.717) is 19.3 Å². The van der Waals surface area contributed by atoms with E-state index in [1.54, 1.807) is 0 Å². The largest absolute Gasteiger partial charge is 0.462 e. The molecule has 0 aliphatic rings. The number of hydrogen-bond acceptors (Lipinski definition) is 6. The summed E-state index contributed by atoms with van der Waals surface area (Å²) in [6, 6.07) is 0. The monoisotopic (exact) mass is 985 g/mol. The number of rotatable bonds is 58. The van der Waals surface area contributed by atoms with Crippen molar-refractivity contribution in [3.8, 4) is 0 Å². The topological polar surface area (TPSA) is 78.9 Å². The van der Waals surface area contributed by atoms with Crippen molar-refractivity contribution in [1.29, 1.82) is 0 Å². The van der Waals surface area contributed by atoms with Crippen LogP contribution in [0.3, 0.4) is 0 Å². The highest BCUT2D eigenvalue weighted by Gasteiger charge is 2.19. The van der Waals surface area contributed by atoms with Gasteiger partial charge in [0.1, 0.15) is 13.2 Å². The minimum Gasteiger partial charge on any atom is -0.462 e. The molecule has 0 radical (unpaired) electrons. The second-order valence-corrected chi connectivity index (χ2v) is 21.3. The Hall–Kier alpha value is -2.11. The standard InChI is InChI=1S/C64H120O6/c1-4-7-10-13-16-19-22-25-28-31-33-36-39-42-45-48-51-54-57-63(66)69-60-61(59-68-62(65)56-53-50-47-44-41-38-35-30-27-24-21-18-15-12-9-6-3)70-64(67)58-55-52-49-46-43-40-37-34-32-29-26-23-20-17-14-11-8-5-2/h33-34,36-37,61H,4-32,35,38-60H2,1-3H3/b36-33-,37-34-. The van der Waals surface area contributed by atoms with E-state index in [9.17, 15) is 14.4 Å². The number of ether oxygens (including phenoxy) is 3. The SMILES string of the molecule is CCCCCCCCCCC/C=C\CCCCCCCC(=O)OCC(COC(=O)CCCCCCCCCCCCCCCCCC)OC(=O)CCCCCCC/C=C\CCCCCCCCCCC. The molecule has 0 saturated heterocycles. The third-order valence-corrected chi connectivity index (χ3v) is 14.2. The number of esters is 3. The minimum atomic E-state index is -0.776. The number of carbonyl (C=O) groups excluding carboxylic acids is 3. The van der Waals surface area contributed by atoms with E-state index in [0.717, 1.165) is 70.6 Å². The summed E-state index contributed by atoms with van der Waals surface area (Å²) in [5, 5.41) is 0. The van der Waals surface area contributed by atoms with Crippen LogP contribution in [0.1, 0.15) is 348 Å². The van der Waals surface area contributed by atoms with E-state index >= 15 is 0 Å². The molecule has 0 fully saturated rings. The Labute approximate surface area is 436 Å². The van der Waals surface area contributed by atoms with Crippen LogP contribution in [-0.4, -0.2) is 37.2 Å². The molecular formula is C64H120O6. The lowest BCUT2D eigenvalue weighted by atomic mass is 10.0. The molecule has 0 aromatic carbocycles. The molecule has 0 aromatic rings. The normalized spacial score (nSPS) is 12.1. The molecule has 1 unspecified atom stereocenters. The maximum absolute atomic E-state index is 12.9. The van der Waals surface area contributed by atoms with Crippen LogP contribution in [-0.2, 0) is 28.6 Å². The van der Waals surface area contributed by atoms with Crippen LogP contribution >= 0.6 is 0 Å². The van der Waals surface area contributed by atoms with Crippen molar-refractivity contribution in [3.63, 3.8) is 0 Å². The van der Waals surface area contributed by atoms with Crippen LogP contribution < -0.4 is 0 Å². The summed E-state index contributed by atoms with van der Waals surface area (Å²) in [5.41, 5.74) is 0. The molecule has 0 spiro atoms. The van der Waals surface area contributed by atoms with Gasteiger partial charge in [-0.25, -0.2) is 0 Å². The van der Waals surface area contributed by atoms with E-state index in [4.69, 9.17) is 14.2 Å². The smallest absolute Gasteiger partial charge is 0.306 e. The van der Waals surface area contributed by atoms with Gasteiger partial charge < -0.3 is 14.2 Å². The number of hydrogen-bond donors (Lipinski definition) is 0. The Balaban J connectivity index is 4.35. The van der Waals surface area contributed by atoms with Crippen molar-refractivity contribution in [2.24, 2.45) is 0 Å². The lowest BCUT2D eigenvalue weighted by Gasteiger charge is -2.18. The minimum absolute atomic E-state index is 0.0724. The van der Waals surface area contributed by atoms with Gasteiger partial charge >= 0.3 is 17.9 Å². The Kier molecular flexibility index (Phi) is 57.7. The lowest BCUT2D eigenvalue weighted by Crippen LogP contribution is -2.30. The molecule has 1 atom stereocenters. The van der Waals surface area contributed by atoms with Gasteiger partial charge in [-0.2, -0.15) is 0 Å². The summed E-state index contributed by atoms with van der Waals surface area (Å²) in [5.74, 6) is -0.864. The predicted octanol–water partition coefficient (Wildman–Crippen LogP) is 21.1. The fourth-order valence-electron chi connectivity index (χ4n) is 9.44. The summed E-state index contributed by atoms with van der Waals surface area (Å²) >= 11 is 0. The third kappa shape index (κ3) is 56.8. The maximum Gasteiger partial charge on any atom is 0.306 e. The van der Waals surface area contributed by atoms with Crippen molar-refractivity contribution in [2.75, 3.05) is 13.2 Å². The lowest BCUT2D eigenvalue weighted by molar-refractivity contribution is -0.167. The van der Waals surface area contributed by atoms with Crippen molar-refractivity contribution in [3.05, 3.63) is 24.3 Å². The van der Waals surface area contributed by atoms with Crippen LogP contribution in [0.15, 0.2) is 24.3 Å². The van der Waals surface area contributed by atoms with E-state index < -0.39 is 6.10 Å². The average Bonchev–Trinajstić information content (AvgIpc) is 3.36. The van der Waals surface area contributed by atoms with E-state index in [2.05, 4.69) is 45.1 Å². The second-order valence-electron chi connectivity index (χ2n) is 21.3. The van der Waals surface area contributed by atoms with Crippen LogP contribution in [0.4, 0.5) is 0 Å². The van der Waals surface area contributed by atoms with Crippen LogP contribution in [0.25, 0.3) is 0 Å². The molecular weight excluding hydrogens is 865 g/mol. The first kappa shape index (κ1) is 67.9. The van der Waals surface area contributed by atoms with Crippen LogP contribution in [0.2, 0.25) is 0 Å². The molecule has 0 N–H and O–H groups in total. The fourth-order valence-corrected chi connectivity index (χ4v) is 9.44. The Morgan fingerprint density at radius 1 is 0.271 bits per heavy atom. The van der Waals surface area contributed by atoms with Gasteiger partial charge in [-0.3, -0.25) is 14.4 Å². The molecule has 0 saturated carbocycles. The quantitative estimate of drug-likeness (QED) is 0.0261. The Morgan fingerprint density at radius 2 is 0.471 bits per heavy atom. The van der Waals surface area contributed by atoms with Gasteiger partial charge in [-0.1, -0.05) is 283 Å². The molecule has 6 heteroatoms. The Bertz CT molecular complexity index is 1130. The number of allylic oxidation sites excluding steroid dienone is 4. The average molecular weight is 986 g/mol. The molecule has 0 bridgehead atoms. The highest BCUT2D eigenvalue weighted by molar-refractivity contribution is 5.71. The van der Waals surface area contributed by atoms with E-state index in [-0.39, 0.29) is 31.1 Å². The van der Waals surface area contributed by atoms with E-state index in [1.165, 1.54) is 238 Å². The summed E-state index contributed by atoms with van der Waals surface area (Å²) in [6.45, 7) is 6.69. The molecule has 0 aromatic heterocycles. The van der Waals surface area contributed by atoms with Crippen LogP contribution in [0, 0.1) is 0 Å². The summed E-state index contributed by atoms with van der Waals surface area (Å²) in [6.07, 6.45) is 70.3. The second kappa shape index (κ2) is 59.5.